The van der Waals surface area contributed by atoms with Gasteiger partial charge in [0, 0.05) is 10.6 Å². The van der Waals surface area contributed by atoms with Crippen molar-refractivity contribution in [3.8, 4) is 5.75 Å². The molecule has 0 heterocycles. The molecule has 0 aliphatic heterocycles. The first-order valence-corrected chi connectivity index (χ1v) is 5.84. The molecule has 0 radical (unpaired) electrons. The molecule has 0 saturated carbocycles. The minimum atomic E-state index is -0.451. The zero-order chi connectivity index (χ0) is 13.1. The summed E-state index contributed by atoms with van der Waals surface area (Å²) in [7, 11) is 1.53. The molecule has 18 heavy (non-hydrogen) atoms. The van der Waals surface area contributed by atoms with E-state index in [0.717, 1.165) is 5.56 Å². The number of ether oxygens (including phenoxy) is 1. The standard InChI is InChI=1S/C14H13ClFNO/c1-18-13-7-6-11(16)8-12(13)14(17)9-2-4-10(15)5-3-9/h2-8,14H,17H2,1H3. The summed E-state index contributed by atoms with van der Waals surface area (Å²) in [6.45, 7) is 0. The zero-order valence-corrected chi connectivity index (χ0v) is 10.6. The summed E-state index contributed by atoms with van der Waals surface area (Å²) in [5.74, 6) is 0.231. The number of hydrogen-bond donors (Lipinski definition) is 1. The molecule has 1 atom stereocenters. The van der Waals surface area contributed by atoms with Gasteiger partial charge in [0.2, 0.25) is 0 Å². The number of rotatable bonds is 3. The first-order chi connectivity index (χ1) is 8.61. The minimum absolute atomic E-state index is 0.338. The van der Waals surface area contributed by atoms with Crippen LogP contribution in [0.4, 0.5) is 4.39 Å². The van der Waals surface area contributed by atoms with E-state index in [2.05, 4.69) is 0 Å². The number of halogens is 2. The van der Waals surface area contributed by atoms with E-state index in [1.807, 2.05) is 12.1 Å². The first-order valence-electron chi connectivity index (χ1n) is 5.46. The van der Waals surface area contributed by atoms with Crippen LogP contribution in [0.2, 0.25) is 5.02 Å². The predicted octanol–water partition coefficient (Wildman–Crippen LogP) is 3.54. The topological polar surface area (TPSA) is 35.2 Å². The summed E-state index contributed by atoms with van der Waals surface area (Å²) >= 11 is 5.82. The fourth-order valence-electron chi connectivity index (χ4n) is 1.80. The number of benzene rings is 2. The average molecular weight is 266 g/mol. The predicted molar refractivity (Wildman–Crippen MR) is 70.4 cm³/mol. The molecule has 0 fully saturated rings. The lowest BCUT2D eigenvalue weighted by molar-refractivity contribution is 0.406. The lowest BCUT2D eigenvalue weighted by Crippen LogP contribution is -2.13. The second-order valence-electron chi connectivity index (χ2n) is 3.92. The van der Waals surface area contributed by atoms with Crippen LogP contribution in [0.25, 0.3) is 0 Å². The van der Waals surface area contributed by atoms with Gasteiger partial charge < -0.3 is 10.5 Å². The summed E-state index contributed by atoms with van der Waals surface area (Å²) in [5.41, 5.74) is 7.58. The molecule has 94 valence electrons. The van der Waals surface area contributed by atoms with Gasteiger partial charge in [-0.15, -0.1) is 0 Å². The van der Waals surface area contributed by atoms with Crippen LogP contribution in [0.3, 0.4) is 0 Å². The average Bonchev–Trinajstić information content (AvgIpc) is 2.39. The molecule has 2 N–H and O–H groups in total. The molecule has 0 aromatic heterocycles. The summed E-state index contributed by atoms with van der Waals surface area (Å²) in [5, 5.41) is 0.636. The van der Waals surface area contributed by atoms with Crippen molar-refractivity contribution in [1.29, 1.82) is 0 Å². The van der Waals surface area contributed by atoms with Crippen LogP contribution < -0.4 is 10.5 Å². The van der Waals surface area contributed by atoms with Gasteiger partial charge in [-0.2, -0.15) is 0 Å². The van der Waals surface area contributed by atoms with Gasteiger partial charge in [0.15, 0.2) is 0 Å². The number of hydrogen-bond acceptors (Lipinski definition) is 2. The third-order valence-electron chi connectivity index (χ3n) is 2.76. The lowest BCUT2D eigenvalue weighted by atomic mass is 9.99. The van der Waals surface area contributed by atoms with Gasteiger partial charge in [-0.1, -0.05) is 23.7 Å². The SMILES string of the molecule is COc1ccc(F)cc1C(N)c1ccc(Cl)cc1. The van der Waals surface area contributed by atoms with Crippen LogP contribution >= 0.6 is 11.6 Å². The highest BCUT2D eigenvalue weighted by Crippen LogP contribution is 2.29. The van der Waals surface area contributed by atoms with E-state index in [0.29, 0.717) is 16.3 Å². The van der Waals surface area contributed by atoms with Crippen LogP contribution in [-0.2, 0) is 0 Å². The first kappa shape index (κ1) is 12.9. The lowest BCUT2D eigenvalue weighted by Gasteiger charge is -2.16. The Balaban J connectivity index is 2.41. The van der Waals surface area contributed by atoms with Crippen molar-refractivity contribution in [3.05, 3.63) is 64.4 Å². The Hall–Kier alpha value is -1.58. The maximum absolute atomic E-state index is 13.3. The van der Waals surface area contributed by atoms with Gasteiger partial charge in [-0.3, -0.25) is 0 Å². The molecule has 0 spiro atoms. The van der Waals surface area contributed by atoms with Gasteiger partial charge in [-0.05, 0) is 35.9 Å². The van der Waals surface area contributed by atoms with Crippen molar-refractivity contribution >= 4 is 11.6 Å². The van der Waals surface area contributed by atoms with E-state index in [4.69, 9.17) is 22.1 Å². The Labute approximate surface area is 110 Å². The highest BCUT2D eigenvalue weighted by Gasteiger charge is 2.14. The summed E-state index contributed by atoms with van der Waals surface area (Å²) in [6, 6.07) is 11.0. The molecule has 0 aliphatic rings. The minimum Gasteiger partial charge on any atom is -0.496 e. The largest absolute Gasteiger partial charge is 0.496 e. The monoisotopic (exact) mass is 265 g/mol. The fraction of sp³-hybridized carbons (Fsp3) is 0.143. The van der Waals surface area contributed by atoms with Gasteiger partial charge >= 0.3 is 0 Å². The van der Waals surface area contributed by atoms with Crippen LogP contribution in [0.1, 0.15) is 17.2 Å². The van der Waals surface area contributed by atoms with Crippen molar-refractivity contribution in [2.45, 2.75) is 6.04 Å². The zero-order valence-electron chi connectivity index (χ0n) is 9.86. The fourth-order valence-corrected chi connectivity index (χ4v) is 1.92. The molecule has 2 nitrogen and oxygen atoms in total. The number of methoxy groups -OCH3 is 1. The molecule has 2 aromatic carbocycles. The van der Waals surface area contributed by atoms with Crippen molar-refractivity contribution in [3.63, 3.8) is 0 Å². The molecule has 2 rings (SSSR count). The maximum Gasteiger partial charge on any atom is 0.124 e. The highest BCUT2D eigenvalue weighted by molar-refractivity contribution is 6.30. The van der Waals surface area contributed by atoms with Crippen molar-refractivity contribution < 1.29 is 9.13 Å². The smallest absolute Gasteiger partial charge is 0.124 e. The van der Waals surface area contributed by atoms with Gasteiger partial charge in [0.05, 0.1) is 13.2 Å². The Kier molecular flexibility index (Phi) is 3.84. The molecule has 0 bridgehead atoms. The molecule has 1 unspecified atom stereocenters. The van der Waals surface area contributed by atoms with Crippen LogP contribution in [0.15, 0.2) is 42.5 Å². The van der Waals surface area contributed by atoms with E-state index in [1.54, 1.807) is 18.2 Å². The van der Waals surface area contributed by atoms with Crippen molar-refractivity contribution in [2.24, 2.45) is 5.73 Å². The highest BCUT2D eigenvalue weighted by atomic mass is 35.5. The molecule has 0 saturated heterocycles. The normalized spacial score (nSPS) is 12.2. The Bertz CT molecular complexity index is 542. The summed E-state index contributed by atoms with van der Waals surface area (Å²) < 4.78 is 18.5. The summed E-state index contributed by atoms with van der Waals surface area (Å²) in [6.07, 6.45) is 0. The van der Waals surface area contributed by atoms with E-state index < -0.39 is 6.04 Å². The van der Waals surface area contributed by atoms with E-state index in [1.165, 1.54) is 19.2 Å². The quantitative estimate of drug-likeness (QED) is 0.921. The number of nitrogens with two attached hydrogens (primary N) is 1. The Morgan fingerprint density at radius 3 is 2.44 bits per heavy atom. The maximum atomic E-state index is 13.3. The molecule has 0 amide bonds. The second-order valence-corrected chi connectivity index (χ2v) is 4.35. The Morgan fingerprint density at radius 2 is 1.83 bits per heavy atom. The molecular weight excluding hydrogens is 253 g/mol. The summed E-state index contributed by atoms with van der Waals surface area (Å²) in [4.78, 5) is 0. The second kappa shape index (κ2) is 5.38. The van der Waals surface area contributed by atoms with E-state index in [9.17, 15) is 4.39 Å². The van der Waals surface area contributed by atoms with Crippen LogP contribution in [0.5, 0.6) is 5.75 Å². The van der Waals surface area contributed by atoms with E-state index >= 15 is 0 Å². The van der Waals surface area contributed by atoms with Gasteiger partial charge in [0.25, 0.3) is 0 Å². The van der Waals surface area contributed by atoms with Crippen LogP contribution in [0, 0.1) is 5.82 Å². The molecule has 4 heteroatoms. The van der Waals surface area contributed by atoms with Crippen LogP contribution in [-0.4, -0.2) is 7.11 Å². The van der Waals surface area contributed by atoms with Crippen molar-refractivity contribution in [1.82, 2.24) is 0 Å². The molecule has 0 aliphatic carbocycles. The van der Waals surface area contributed by atoms with Crippen molar-refractivity contribution in [2.75, 3.05) is 7.11 Å². The molecule has 2 aromatic rings. The Morgan fingerprint density at radius 1 is 1.17 bits per heavy atom. The van der Waals surface area contributed by atoms with E-state index in [-0.39, 0.29) is 5.82 Å². The van der Waals surface area contributed by atoms with Gasteiger partial charge in [-0.25, -0.2) is 4.39 Å². The third kappa shape index (κ3) is 2.63. The van der Waals surface area contributed by atoms with Gasteiger partial charge in [0.1, 0.15) is 11.6 Å². The third-order valence-corrected chi connectivity index (χ3v) is 3.01. The molecular formula is C14H13ClFNO.